The average Bonchev–Trinajstić information content (AvgIpc) is 2.81. The van der Waals surface area contributed by atoms with Crippen LogP contribution in [-0.4, -0.2) is 5.25 Å². The first-order chi connectivity index (χ1) is 7.33. The highest BCUT2D eigenvalue weighted by atomic mass is 32.2. The second-order valence-electron chi connectivity index (χ2n) is 4.75. The third-order valence-electron chi connectivity index (χ3n) is 3.85. The van der Waals surface area contributed by atoms with Gasteiger partial charge in [-0.2, -0.15) is 0 Å². The summed E-state index contributed by atoms with van der Waals surface area (Å²) in [7, 11) is 0. The molecule has 0 nitrogen and oxygen atoms in total. The molecule has 1 aromatic rings. The normalized spacial score (nSPS) is 33.5. The number of hydrogen-bond acceptors (Lipinski definition) is 2. The van der Waals surface area contributed by atoms with Crippen molar-refractivity contribution in [2.45, 2.75) is 40.7 Å². The summed E-state index contributed by atoms with van der Waals surface area (Å²) in [5, 5.41) is 0.913. The quantitative estimate of drug-likeness (QED) is 0.749. The highest BCUT2D eigenvalue weighted by Gasteiger charge is 2.41. The van der Waals surface area contributed by atoms with Gasteiger partial charge in [-0.05, 0) is 61.8 Å². The Morgan fingerprint density at radius 2 is 1.47 bits per heavy atom. The average molecular weight is 236 g/mol. The third-order valence-corrected chi connectivity index (χ3v) is 5.74. The fourth-order valence-corrected chi connectivity index (χ4v) is 4.75. The van der Waals surface area contributed by atoms with Crippen LogP contribution in [-0.2, 0) is 0 Å². The van der Waals surface area contributed by atoms with Crippen molar-refractivity contribution in [1.82, 2.24) is 0 Å². The van der Waals surface area contributed by atoms with E-state index < -0.39 is 0 Å². The molecule has 0 heterocycles. The second-order valence-corrected chi connectivity index (χ2v) is 6.52. The van der Waals surface area contributed by atoms with Gasteiger partial charge in [-0.25, -0.2) is 0 Å². The number of fused-ring (bicyclic) bond motifs is 2. The monoisotopic (exact) mass is 236 g/mol. The van der Waals surface area contributed by atoms with Gasteiger partial charge in [0.1, 0.15) is 0 Å². The molecule has 0 atom stereocenters. The molecule has 0 radical (unpaired) electrons. The van der Waals surface area contributed by atoms with E-state index in [9.17, 15) is 0 Å². The van der Waals surface area contributed by atoms with Crippen molar-refractivity contribution in [2.75, 3.05) is 0 Å². The van der Waals surface area contributed by atoms with Crippen LogP contribution in [0.1, 0.15) is 25.7 Å². The molecule has 0 saturated heterocycles. The molecule has 2 bridgehead atoms. The van der Waals surface area contributed by atoms with Crippen molar-refractivity contribution in [3.05, 3.63) is 24.3 Å². The van der Waals surface area contributed by atoms with E-state index in [1.54, 1.807) is 0 Å². The first kappa shape index (κ1) is 10.1. The molecule has 0 unspecified atom stereocenters. The molecule has 80 valence electrons. The number of thioether (sulfide) groups is 1. The Bertz CT molecular complexity index is 324. The standard InChI is InChI=1S/C13H16S2/c14-11-5-7-12(8-6-11)15-13-9-1-2-10(13)4-3-9/h5-10,13-14H,1-4H2. The van der Waals surface area contributed by atoms with Crippen LogP contribution in [0.15, 0.2) is 34.1 Å². The van der Waals surface area contributed by atoms with Crippen LogP contribution in [0.25, 0.3) is 0 Å². The van der Waals surface area contributed by atoms with Crippen molar-refractivity contribution in [1.29, 1.82) is 0 Å². The van der Waals surface area contributed by atoms with Gasteiger partial charge >= 0.3 is 0 Å². The van der Waals surface area contributed by atoms with E-state index in [0.29, 0.717) is 0 Å². The summed E-state index contributed by atoms with van der Waals surface area (Å²) in [6, 6.07) is 8.63. The molecule has 2 aliphatic carbocycles. The molecule has 0 spiro atoms. The molecule has 2 heteroatoms. The van der Waals surface area contributed by atoms with E-state index >= 15 is 0 Å². The van der Waals surface area contributed by atoms with Crippen molar-refractivity contribution >= 4 is 24.4 Å². The molecular formula is C13H16S2. The van der Waals surface area contributed by atoms with E-state index in [1.165, 1.54) is 30.6 Å². The topological polar surface area (TPSA) is 0 Å². The summed E-state index contributed by atoms with van der Waals surface area (Å²) >= 11 is 6.42. The van der Waals surface area contributed by atoms with Crippen LogP contribution < -0.4 is 0 Å². The van der Waals surface area contributed by atoms with Crippen molar-refractivity contribution in [3.63, 3.8) is 0 Å². The Kier molecular flexibility index (Phi) is 2.73. The minimum absolute atomic E-state index is 0.913. The zero-order valence-corrected chi connectivity index (χ0v) is 10.4. The fraction of sp³-hybridized carbons (Fsp3) is 0.538. The first-order valence-corrected chi connectivity index (χ1v) is 7.11. The predicted molar refractivity (Wildman–Crippen MR) is 68.8 cm³/mol. The highest BCUT2D eigenvalue weighted by Crippen LogP contribution is 2.52. The molecule has 15 heavy (non-hydrogen) atoms. The van der Waals surface area contributed by atoms with Crippen LogP contribution in [0.4, 0.5) is 0 Å². The molecule has 3 rings (SSSR count). The van der Waals surface area contributed by atoms with Gasteiger partial charge < -0.3 is 0 Å². The molecular weight excluding hydrogens is 220 g/mol. The van der Waals surface area contributed by atoms with E-state index in [1.807, 2.05) is 0 Å². The Morgan fingerprint density at radius 3 is 2.00 bits per heavy atom. The first-order valence-electron chi connectivity index (χ1n) is 5.78. The summed E-state index contributed by atoms with van der Waals surface area (Å²) in [6.45, 7) is 0. The molecule has 0 aliphatic heterocycles. The van der Waals surface area contributed by atoms with Crippen LogP contribution in [0.3, 0.4) is 0 Å². The Morgan fingerprint density at radius 1 is 0.933 bits per heavy atom. The van der Waals surface area contributed by atoms with Gasteiger partial charge in [-0.1, -0.05) is 0 Å². The van der Waals surface area contributed by atoms with Crippen LogP contribution in [0.2, 0.25) is 0 Å². The number of thiol groups is 1. The van der Waals surface area contributed by atoms with Gasteiger partial charge in [0.2, 0.25) is 0 Å². The summed E-state index contributed by atoms with van der Waals surface area (Å²) in [5.74, 6) is 2.02. The lowest BCUT2D eigenvalue weighted by atomic mass is 10.0. The Labute approximate surface area is 101 Å². The fourth-order valence-electron chi connectivity index (χ4n) is 3.06. The van der Waals surface area contributed by atoms with Gasteiger partial charge in [-0.3, -0.25) is 0 Å². The minimum Gasteiger partial charge on any atom is -0.143 e. The number of hydrogen-bond donors (Lipinski definition) is 1. The summed E-state index contributed by atoms with van der Waals surface area (Å²) < 4.78 is 0. The third kappa shape index (κ3) is 1.94. The second kappa shape index (κ2) is 4.06. The van der Waals surface area contributed by atoms with Gasteiger partial charge in [0, 0.05) is 15.0 Å². The molecule has 2 aliphatic rings. The largest absolute Gasteiger partial charge is 0.143 e. The minimum atomic E-state index is 0.913. The van der Waals surface area contributed by atoms with Crippen LogP contribution in [0, 0.1) is 11.8 Å². The molecule has 0 aromatic heterocycles. The maximum Gasteiger partial charge on any atom is 0.0151 e. The molecule has 0 amide bonds. The predicted octanol–water partition coefficient (Wildman–Crippen LogP) is 4.26. The number of rotatable bonds is 2. The van der Waals surface area contributed by atoms with E-state index in [4.69, 9.17) is 0 Å². The van der Waals surface area contributed by atoms with Crippen molar-refractivity contribution in [3.8, 4) is 0 Å². The van der Waals surface area contributed by atoms with E-state index in [0.717, 1.165) is 22.0 Å². The lowest BCUT2D eigenvalue weighted by Crippen LogP contribution is -2.07. The van der Waals surface area contributed by atoms with E-state index in [-0.39, 0.29) is 0 Å². The van der Waals surface area contributed by atoms with E-state index in [2.05, 4.69) is 48.7 Å². The van der Waals surface area contributed by atoms with Crippen LogP contribution in [0.5, 0.6) is 0 Å². The zero-order chi connectivity index (χ0) is 10.3. The summed E-state index contributed by atoms with van der Waals surface area (Å²) in [5.41, 5.74) is 0. The van der Waals surface area contributed by atoms with Gasteiger partial charge in [0.15, 0.2) is 0 Å². The van der Waals surface area contributed by atoms with Gasteiger partial charge in [-0.15, -0.1) is 24.4 Å². The summed E-state index contributed by atoms with van der Waals surface area (Å²) in [6.07, 6.45) is 5.92. The Hall–Kier alpha value is -0.0800. The molecule has 1 aromatic carbocycles. The van der Waals surface area contributed by atoms with Crippen molar-refractivity contribution in [2.24, 2.45) is 11.8 Å². The SMILES string of the molecule is Sc1ccc(SC2C3CCC2CC3)cc1. The maximum absolute atomic E-state index is 4.32. The van der Waals surface area contributed by atoms with Gasteiger partial charge in [0.25, 0.3) is 0 Å². The smallest absolute Gasteiger partial charge is 0.0151 e. The van der Waals surface area contributed by atoms with Crippen molar-refractivity contribution < 1.29 is 0 Å². The van der Waals surface area contributed by atoms with Crippen LogP contribution >= 0.6 is 24.4 Å². The lowest BCUT2D eigenvalue weighted by molar-refractivity contribution is 0.480. The number of benzene rings is 1. The highest BCUT2D eigenvalue weighted by molar-refractivity contribution is 8.00. The molecule has 0 N–H and O–H groups in total. The summed E-state index contributed by atoms with van der Waals surface area (Å²) in [4.78, 5) is 2.49. The zero-order valence-electron chi connectivity index (χ0n) is 8.73. The Balaban J connectivity index is 1.73. The molecule has 2 saturated carbocycles. The maximum atomic E-state index is 4.32. The molecule has 2 fully saturated rings. The van der Waals surface area contributed by atoms with Gasteiger partial charge in [0.05, 0.1) is 0 Å². The lowest BCUT2D eigenvalue weighted by Gasteiger charge is -2.14.